The maximum absolute atomic E-state index is 13.3. The van der Waals surface area contributed by atoms with Crippen molar-refractivity contribution in [3.8, 4) is 0 Å². The van der Waals surface area contributed by atoms with Gasteiger partial charge in [-0.3, -0.25) is 9.59 Å². The minimum absolute atomic E-state index is 0.148. The predicted molar refractivity (Wildman–Crippen MR) is 161 cm³/mol. The van der Waals surface area contributed by atoms with Crippen molar-refractivity contribution in [3.63, 3.8) is 0 Å². The second-order valence-electron chi connectivity index (χ2n) is 13.4. The molecule has 1 unspecified atom stereocenters. The number of aliphatic hydroxyl groups is 4. The summed E-state index contributed by atoms with van der Waals surface area (Å²) in [6.45, 7) is 14.6. The molecule has 0 aromatic carbocycles. The van der Waals surface area contributed by atoms with Crippen LogP contribution in [0.5, 0.6) is 0 Å². The lowest BCUT2D eigenvalue weighted by Gasteiger charge is -2.48. The van der Waals surface area contributed by atoms with Crippen molar-refractivity contribution >= 4 is 17.6 Å². The number of carbonyl (C=O) groups is 2. The molecule has 2 aliphatic rings. The summed E-state index contributed by atoms with van der Waals surface area (Å²) in [4.78, 5) is 27.0. The molecule has 2 fully saturated rings. The summed E-state index contributed by atoms with van der Waals surface area (Å²) in [5.74, 6) is -4.33. The second kappa shape index (κ2) is 15.1. The van der Waals surface area contributed by atoms with E-state index in [0.717, 1.165) is 0 Å². The fourth-order valence-corrected chi connectivity index (χ4v) is 6.89. The van der Waals surface area contributed by atoms with Crippen molar-refractivity contribution in [2.75, 3.05) is 14.2 Å². The molecule has 0 bridgehead atoms. The van der Waals surface area contributed by atoms with Gasteiger partial charge in [0.2, 0.25) is 5.91 Å². The molecular weight excluding hydrogens is 576 g/mol. The maximum Gasteiger partial charge on any atom is 0.311 e. The average molecular weight is 633 g/mol. The highest BCUT2D eigenvalue weighted by molar-refractivity contribution is 5.88. The van der Waals surface area contributed by atoms with E-state index in [0.29, 0.717) is 6.42 Å². The van der Waals surface area contributed by atoms with Crippen LogP contribution in [0, 0.1) is 23.7 Å². The predicted octanol–water partition coefficient (Wildman–Crippen LogP) is 1.69. The highest BCUT2D eigenvalue weighted by Crippen LogP contribution is 2.39. The van der Waals surface area contributed by atoms with Crippen LogP contribution in [0.2, 0.25) is 0 Å². The second-order valence-corrected chi connectivity index (χ2v) is 13.4. The zero-order valence-corrected chi connectivity index (χ0v) is 28.1. The molecule has 14 atom stereocenters. The van der Waals surface area contributed by atoms with Crippen LogP contribution < -0.4 is 0 Å². The molecule has 2 rings (SSSR count). The molecule has 0 spiro atoms. The number of methoxy groups -OCH3 is 1. The van der Waals surface area contributed by atoms with Crippen LogP contribution in [0.1, 0.15) is 81.6 Å². The standard InChI is InChI=1S/C31H56N2O11/c1-12-22-31(9,39)26(37)17(4)23(32-40)15(2)14-30(8,41-11)27(18(5)24(35)19(6)28(38)43-22)44-29-25(36)21(13-16(3)42-29)33(10)20(7)34/h15-19,21-22,24-27,29,35-37,39-40H,12-14H2,1-11H3/b32-23+/t15-,16+,17-,18-,19+,21-,22+,24-,25-,26+,27-,29?,30+,31+/m0/s1. The lowest BCUT2D eigenvalue weighted by Crippen LogP contribution is -2.61. The Balaban J connectivity index is 2.66. The summed E-state index contributed by atoms with van der Waals surface area (Å²) in [6, 6.07) is -0.601. The number of esters is 1. The topological polar surface area (TPSA) is 188 Å². The van der Waals surface area contributed by atoms with Crippen molar-refractivity contribution in [2.45, 2.75) is 142 Å². The van der Waals surface area contributed by atoms with Gasteiger partial charge in [0.15, 0.2) is 6.29 Å². The SMILES string of the molecule is CC[C@H]1OC(=O)[C@H](C)[C@@H](O)[C@H](C)[C@H](OC2O[C@H](C)C[C@H](N(C)C(C)=O)[C@@H]2O)[C@](C)(OC)C[C@H](C)/C(=N\O)[C@H](C)[C@@H](O)[C@]1(C)O. The van der Waals surface area contributed by atoms with E-state index in [1.165, 1.54) is 32.8 Å². The Morgan fingerprint density at radius 1 is 1.09 bits per heavy atom. The molecule has 0 aromatic heterocycles. The van der Waals surface area contributed by atoms with Gasteiger partial charge in [0, 0.05) is 38.8 Å². The number of likely N-dealkylation sites (N-methyl/N-ethyl adjacent to an activating group) is 1. The number of aliphatic hydroxyl groups excluding tert-OH is 3. The van der Waals surface area contributed by atoms with Gasteiger partial charge in [0.25, 0.3) is 0 Å². The fraction of sp³-hybridized carbons (Fsp3) is 0.903. The lowest BCUT2D eigenvalue weighted by atomic mass is 9.73. The molecule has 0 radical (unpaired) electrons. The summed E-state index contributed by atoms with van der Waals surface area (Å²) in [5.41, 5.74) is -2.98. The van der Waals surface area contributed by atoms with Gasteiger partial charge in [-0.1, -0.05) is 32.9 Å². The van der Waals surface area contributed by atoms with Crippen LogP contribution in [0.25, 0.3) is 0 Å². The van der Waals surface area contributed by atoms with Crippen LogP contribution in [0.15, 0.2) is 5.16 Å². The minimum Gasteiger partial charge on any atom is -0.459 e. The van der Waals surface area contributed by atoms with E-state index >= 15 is 0 Å². The first-order valence-electron chi connectivity index (χ1n) is 15.6. The van der Waals surface area contributed by atoms with Crippen LogP contribution >= 0.6 is 0 Å². The average Bonchev–Trinajstić information content (AvgIpc) is 2.97. The van der Waals surface area contributed by atoms with Gasteiger partial charge in [-0.15, -0.1) is 0 Å². The summed E-state index contributed by atoms with van der Waals surface area (Å²) in [7, 11) is 3.06. The van der Waals surface area contributed by atoms with Crippen LogP contribution in [-0.4, -0.2) is 122 Å². The van der Waals surface area contributed by atoms with Crippen molar-refractivity contribution in [1.82, 2.24) is 4.90 Å². The zero-order chi connectivity index (χ0) is 33.9. The van der Waals surface area contributed by atoms with Crippen LogP contribution in [-0.2, 0) is 28.5 Å². The van der Waals surface area contributed by atoms with Gasteiger partial charge in [-0.25, -0.2) is 0 Å². The summed E-state index contributed by atoms with van der Waals surface area (Å²) in [5, 5.41) is 59.2. The Hall–Kier alpha value is -1.87. The first-order chi connectivity index (χ1) is 20.3. The molecule has 0 aromatic rings. The van der Waals surface area contributed by atoms with E-state index in [2.05, 4.69) is 5.16 Å². The molecule has 2 heterocycles. The van der Waals surface area contributed by atoms with E-state index in [1.54, 1.807) is 48.6 Å². The van der Waals surface area contributed by atoms with Crippen molar-refractivity contribution < 1.29 is 54.2 Å². The van der Waals surface area contributed by atoms with E-state index < -0.39 is 83.7 Å². The number of cyclic esters (lactones) is 1. The first-order valence-corrected chi connectivity index (χ1v) is 15.6. The lowest BCUT2D eigenvalue weighted by molar-refractivity contribution is -0.301. The fourth-order valence-electron chi connectivity index (χ4n) is 6.89. The third kappa shape index (κ3) is 7.91. The Labute approximate surface area is 261 Å². The number of hydrogen-bond donors (Lipinski definition) is 5. The van der Waals surface area contributed by atoms with Gasteiger partial charge in [-0.05, 0) is 47.0 Å². The molecule has 1 amide bonds. The summed E-state index contributed by atoms with van der Waals surface area (Å²) >= 11 is 0. The minimum atomic E-state index is -1.91. The van der Waals surface area contributed by atoms with Gasteiger partial charge >= 0.3 is 5.97 Å². The summed E-state index contributed by atoms with van der Waals surface area (Å²) in [6.07, 6.45) is -7.13. The Morgan fingerprint density at radius 2 is 1.68 bits per heavy atom. The Morgan fingerprint density at radius 3 is 2.18 bits per heavy atom. The van der Waals surface area contributed by atoms with Gasteiger partial charge in [0.05, 0.1) is 47.7 Å². The van der Waals surface area contributed by atoms with Crippen molar-refractivity contribution in [3.05, 3.63) is 0 Å². The number of carbonyl (C=O) groups excluding carboxylic acids is 2. The Bertz CT molecular complexity index is 1010. The number of ether oxygens (including phenoxy) is 4. The molecule has 5 N–H and O–H groups in total. The van der Waals surface area contributed by atoms with Crippen LogP contribution in [0.4, 0.5) is 0 Å². The largest absolute Gasteiger partial charge is 0.459 e. The molecule has 13 heteroatoms. The molecule has 13 nitrogen and oxygen atoms in total. The van der Waals surface area contributed by atoms with Crippen molar-refractivity contribution in [2.24, 2.45) is 28.8 Å². The Kier molecular flexibility index (Phi) is 13.2. The molecule has 2 saturated heterocycles. The maximum atomic E-state index is 13.3. The third-order valence-electron chi connectivity index (χ3n) is 10.0. The van der Waals surface area contributed by atoms with E-state index in [9.17, 15) is 35.2 Å². The molecule has 44 heavy (non-hydrogen) atoms. The van der Waals surface area contributed by atoms with E-state index in [1.807, 2.05) is 0 Å². The van der Waals surface area contributed by atoms with E-state index in [-0.39, 0.29) is 30.6 Å². The van der Waals surface area contributed by atoms with Crippen molar-refractivity contribution in [1.29, 1.82) is 0 Å². The molecule has 256 valence electrons. The van der Waals surface area contributed by atoms with Gasteiger partial charge in [0.1, 0.15) is 17.8 Å². The number of amides is 1. The summed E-state index contributed by atoms with van der Waals surface area (Å²) < 4.78 is 24.3. The zero-order valence-electron chi connectivity index (χ0n) is 28.1. The van der Waals surface area contributed by atoms with Gasteiger partial charge < -0.3 is 49.5 Å². The first kappa shape index (κ1) is 38.3. The molecule has 2 aliphatic heterocycles. The molecular formula is C31H56N2O11. The number of hydrogen-bond acceptors (Lipinski definition) is 12. The number of rotatable bonds is 5. The number of oxime groups is 1. The highest BCUT2D eigenvalue weighted by Gasteiger charge is 2.51. The smallest absolute Gasteiger partial charge is 0.311 e. The molecule has 0 aliphatic carbocycles. The number of nitrogens with zero attached hydrogens (tertiary/aromatic N) is 2. The monoisotopic (exact) mass is 632 g/mol. The third-order valence-corrected chi connectivity index (χ3v) is 10.0. The normalized spacial score (nSPS) is 45.8. The quantitative estimate of drug-likeness (QED) is 0.169. The van der Waals surface area contributed by atoms with Gasteiger partial charge in [-0.2, -0.15) is 0 Å². The molecule has 0 saturated carbocycles. The highest BCUT2D eigenvalue weighted by atomic mass is 16.7. The van der Waals surface area contributed by atoms with Crippen LogP contribution in [0.3, 0.4) is 0 Å². The van der Waals surface area contributed by atoms with E-state index in [4.69, 9.17) is 18.9 Å².